The maximum absolute atomic E-state index is 9.22. The lowest BCUT2D eigenvalue weighted by Gasteiger charge is -2.37. The first-order chi connectivity index (χ1) is 16.2. The molecule has 0 bridgehead atoms. The summed E-state index contributed by atoms with van der Waals surface area (Å²) in [5.74, 6) is 0. The average molecular weight is 453 g/mol. The van der Waals surface area contributed by atoms with Crippen LogP contribution >= 0.6 is 11.6 Å². The quantitative estimate of drug-likeness (QED) is 0.116. The summed E-state index contributed by atoms with van der Waals surface area (Å²) in [5, 5.41) is 18.5. The van der Waals surface area contributed by atoms with Crippen LogP contribution in [0.2, 0.25) is 5.15 Å². The van der Waals surface area contributed by atoms with Gasteiger partial charge in [0, 0.05) is 6.07 Å². The summed E-state index contributed by atoms with van der Waals surface area (Å²) in [6.45, 7) is 1.93. The smallest absolute Gasteiger partial charge is 0.138 e. The van der Waals surface area contributed by atoms with E-state index in [1.807, 2.05) is 72.3 Å². The molecule has 2 aromatic heterocycles. The van der Waals surface area contributed by atoms with Crippen LogP contribution in [0, 0.1) is 6.92 Å². The first kappa shape index (κ1) is 20.9. The Morgan fingerprint density at radius 2 is 1.33 bits per heavy atom. The van der Waals surface area contributed by atoms with E-state index in [-0.39, 0.29) is 0 Å². The van der Waals surface area contributed by atoms with E-state index in [2.05, 4.69) is 46.5 Å². The Hall–Kier alpha value is -3.96. The molecule has 33 heavy (non-hydrogen) atoms. The number of aryl methyl sites for hydroxylation is 1. The molecule has 5 rings (SSSR count). The van der Waals surface area contributed by atoms with Crippen molar-refractivity contribution in [3.8, 4) is 0 Å². The molecule has 0 aliphatic rings. The highest BCUT2D eigenvalue weighted by atomic mass is 35.5. The molecule has 0 spiro atoms. The third-order valence-electron chi connectivity index (χ3n) is 5.91. The van der Waals surface area contributed by atoms with Crippen molar-refractivity contribution >= 4 is 28.7 Å². The number of rotatable bonds is 5. The minimum atomic E-state index is -0.783. The molecule has 0 radical (unpaired) electrons. The summed E-state index contributed by atoms with van der Waals surface area (Å²) < 4.78 is 2.01. The maximum Gasteiger partial charge on any atom is 0.138 e. The molecule has 3 aromatic carbocycles. The minimum Gasteiger partial charge on any atom is -0.411 e. The van der Waals surface area contributed by atoms with E-state index in [0.717, 1.165) is 33.3 Å². The first-order valence-electron chi connectivity index (χ1n) is 10.6. The van der Waals surface area contributed by atoms with Crippen LogP contribution < -0.4 is 0 Å². The monoisotopic (exact) mass is 452 g/mol. The highest BCUT2D eigenvalue weighted by Crippen LogP contribution is 2.43. The molecular weight excluding hydrogens is 432 g/mol. The summed E-state index contributed by atoms with van der Waals surface area (Å²) in [6.07, 6.45) is 1.29. The van der Waals surface area contributed by atoms with Crippen LogP contribution in [0.3, 0.4) is 0 Å². The van der Waals surface area contributed by atoms with Gasteiger partial charge in [0.05, 0.1) is 28.5 Å². The van der Waals surface area contributed by atoms with Gasteiger partial charge in [-0.15, -0.1) is 0 Å². The molecule has 5 nitrogen and oxygen atoms in total. The summed E-state index contributed by atoms with van der Waals surface area (Å²) in [4.78, 5) is 4.37. The van der Waals surface area contributed by atoms with Gasteiger partial charge in [-0.05, 0) is 23.6 Å². The molecule has 0 unspecified atom stereocenters. The zero-order valence-corrected chi connectivity index (χ0v) is 18.7. The molecule has 1 N–H and O–H groups in total. The van der Waals surface area contributed by atoms with Crippen molar-refractivity contribution in [2.75, 3.05) is 0 Å². The van der Waals surface area contributed by atoms with Crippen molar-refractivity contribution in [1.82, 2.24) is 14.8 Å². The number of fused-ring (bicyclic) bond motifs is 1. The van der Waals surface area contributed by atoms with E-state index in [1.54, 1.807) is 0 Å². The zero-order valence-electron chi connectivity index (χ0n) is 17.9. The van der Waals surface area contributed by atoms with E-state index in [1.165, 1.54) is 6.21 Å². The highest BCUT2D eigenvalue weighted by molar-refractivity contribution is 6.30. The molecule has 5 aromatic rings. The van der Waals surface area contributed by atoms with Crippen molar-refractivity contribution in [2.45, 2.75) is 12.5 Å². The fourth-order valence-electron chi connectivity index (χ4n) is 4.62. The third-order valence-corrected chi connectivity index (χ3v) is 6.10. The number of benzene rings is 3. The zero-order chi connectivity index (χ0) is 22.8. The Morgan fingerprint density at radius 1 is 0.848 bits per heavy atom. The Bertz CT molecular complexity index is 1330. The maximum atomic E-state index is 9.22. The molecule has 6 heteroatoms. The Morgan fingerprint density at radius 3 is 1.79 bits per heavy atom. The SMILES string of the molecule is Cc1nn(C(c2ccccc2)(c2ccccc2)c2ccccc2)c2cc(Cl)nc(/C=N/O)c12. The van der Waals surface area contributed by atoms with Gasteiger partial charge in [-0.3, -0.25) is 0 Å². The molecule has 0 aliphatic heterocycles. The van der Waals surface area contributed by atoms with E-state index >= 15 is 0 Å². The fourth-order valence-corrected chi connectivity index (χ4v) is 4.81. The summed E-state index contributed by atoms with van der Waals surface area (Å²) in [7, 11) is 0. The molecule has 0 fully saturated rings. The minimum absolute atomic E-state index is 0.293. The van der Waals surface area contributed by atoms with Crippen LogP contribution in [-0.2, 0) is 5.54 Å². The standard InChI is InChI=1S/C27H21ClN4O/c1-19-26-23(18-29-33)30-25(28)17-24(26)32(31-19)27(20-11-5-2-6-12-20,21-13-7-3-8-14-21)22-15-9-4-10-16-22/h2-18,33H,1H3/b29-18+. The van der Waals surface area contributed by atoms with Crippen molar-refractivity contribution < 1.29 is 5.21 Å². The van der Waals surface area contributed by atoms with E-state index in [4.69, 9.17) is 16.7 Å². The predicted octanol–water partition coefficient (Wildman–Crippen LogP) is 6.04. The predicted molar refractivity (Wildman–Crippen MR) is 131 cm³/mol. The van der Waals surface area contributed by atoms with Gasteiger partial charge in [-0.25, -0.2) is 9.67 Å². The van der Waals surface area contributed by atoms with Gasteiger partial charge in [0.15, 0.2) is 0 Å². The highest BCUT2D eigenvalue weighted by Gasteiger charge is 2.41. The van der Waals surface area contributed by atoms with Crippen LogP contribution in [0.15, 0.2) is 102 Å². The van der Waals surface area contributed by atoms with Gasteiger partial charge in [0.2, 0.25) is 0 Å². The van der Waals surface area contributed by atoms with Gasteiger partial charge in [-0.2, -0.15) is 5.10 Å². The van der Waals surface area contributed by atoms with Crippen molar-refractivity contribution in [3.63, 3.8) is 0 Å². The molecule has 2 heterocycles. The van der Waals surface area contributed by atoms with Gasteiger partial charge < -0.3 is 5.21 Å². The molecule has 0 atom stereocenters. The van der Waals surface area contributed by atoms with Crippen LogP contribution in [0.5, 0.6) is 0 Å². The number of halogens is 1. The largest absolute Gasteiger partial charge is 0.411 e. The topological polar surface area (TPSA) is 63.3 Å². The third kappa shape index (κ3) is 3.38. The number of oxime groups is 1. The number of hydrogen-bond donors (Lipinski definition) is 1. The van der Waals surface area contributed by atoms with E-state index in [0.29, 0.717) is 10.8 Å². The van der Waals surface area contributed by atoms with Crippen LogP contribution in [0.25, 0.3) is 10.9 Å². The first-order valence-corrected chi connectivity index (χ1v) is 10.9. The Labute approximate surface area is 196 Å². The molecule has 0 aliphatic carbocycles. The molecular formula is C27H21ClN4O. The van der Waals surface area contributed by atoms with Crippen LogP contribution in [-0.4, -0.2) is 26.2 Å². The van der Waals surface area contributed by atoms with Gasteiger partial charge in [0.25, 0.3) is 0 Å². The molecule has 0 amide bonds. The second kappa shape index (κ2) is 8.52. The van der Waals surface area contributed by atoms with E-state index in [9.17, 15) is 5.21 Å². The van der Waals surface area contributed by atoms with E-state index < -0.39 is 5.54 Å². The number of hydrogen-bond acceptors (Lipinski definition) is 4. The Kier molecular flexibility index (Phi) is 5.40. The number of pyridine rings is 1. The summed E-state index contributed by atoms with van der Waals surface area (Å²) in [6, 6.07) is 32.7. The second-order valence-electron chi connectivity index (χ2n) is 7.77. The number of aromatic nitrogens is 3. The molecule has 0 saturated carbocycles. The van der Waals surface area contributed by atoms with Crippen LogP contribution in [0.4, 0.5) is 0 Å². The average Bonchev–Trinajstić information content (AvgIpc) is 3.18. The second-order valence-corrected chi connectivity index (χ2v) is 8.16. The lowest BCUT2D eigenvalue weighted by molar-refractivity contribution is 0.321. The van der Waals surface area contributed by atoms with Crippen molar-refractivity contribution in [3.05, 3.63) is 130 Å². The summed E-state index contributed by atoms with van der Waals surface area (Å²) in [5.41, 5.74) is 4.39. The lowest BCUT2D eigenvalue weighted by Crippen LogP contribution is -2.38. The molecule has 162 valence electrons. The summed E-state index contributed by atoms with van der Waals surface area (Å²) >= 11 is 6.43. The lowest BCUT2D eigenvalue weighted by atomic mass is 9.77. The number of nitrogens with zero attached hydrogens (tertiary/aromatic N) is 4. The van der Waals surface area contributed by atoms with Gasteiger partial charge >= 0.3 is 0 Å². The van der Waals surface area contributed by atoms with Crippen molar-refractivity contribution in [1.29, 1.82) is 0 Å². The van der Waals surface area contributed by atoms with Crippen LogP contribution in [0.1, 0.15) is 28.1 Å². The fraction of sp³-hybridized carbons (Fsp3) is 0.0741. The normalized spacial score (nSPS) is 11.9. The van der Waals surface area contributed by atoms with Crippen molar-refractivity contribution in [2.24, 2.45) is 5.16 Å². The van der Waals surface area contributed by atoms with Gasteiger partial charge in [-0.1, -0.05) is 108 Å². The Balaban J connectivity index is 2.00. The molecule has 0 saturated heterocycles. The van der Waals surface area contributed by atoms with Gasteiger partial charge in [0.1, 0.15) is 10.7 Å².